The first kappa shape index (κ1) is 14.9. The molecule has 1 N–H and O–H groups in total. The molecule has 0 bridgehead atoms. The zero-order valence-corrected chi connectivity index (χ0v) is 11.8. The van der Waals surface area contributed by atoms with E-state index in [1.54, 1.807) is 18.5 Å². The number of anilines is 1. The summed E-state index contributed by atoms with van der Waals surface area (Å²) < 4.78 is 19.3. The zero-order chi connectivity index (χ0) is 15.2. The van der Waals surface area contributed by atoms with Crippen molar-refractivity contribution in [2.75, 3.05) is 5.32 Å². The Hall–Kier alpha value is -2.50. The number of aromatic nitrogens is 2. The van der Waals surface area contributed by atoms with Crippen LogP contribution in [0.15, 0.2) is 36.9 Å². The Kier molecular flexibility index (Phi) is 4.81. The molecular formula is C15H16FN3O2. The lowest BCUT2D eigenvalue weighted by Gasteiger charge is -2.11. The van der Waals surface area contributed by atoms with Crippen molar-refractivity contribution in [3.8, 4) is 5.75 Å². The SMILES string of the molecule is CC(C)Oc1ccc(NC(=O)Cc2cncnc2)c(F)c1. The fraction of sp³-hybridized carbons (Fsp3) is 0.267. The van der Waals surface area contributed by atoms with Crippen LogP contribution in [0.4, 0.5) is 10.1 Å². The Bertz CT molecular complexity index is 618. The van der Waals surface area contributed by atoms with Crippen molar-refractivity contribution in [3.05, 3.63) is 48.3 Å². The minimum atomic E-state index is -0.536. The van der Waals surface area contributed by atoms with Crippen LogP contribution in [0.1, 0.15) is 19.4 Å². The standard InChI is InChI=1S/C15H16FN3O2/c1-10(2)21-12-3-4-14(13(16)6-12)19-15(20)5-11-7-17-9-18-8-11/h3-4,6-10H,5H2,1-2H3,(H,19,20). The fourth-order valence-electron chi connectivity index (χ4n) is 1.74. The third-order valence-electron chi connectivity index (χ3n) is 2.57. The molecule has 0 atom stereocenters. The van der Waals surface area contributed by atoms with Gasteiger partial charge in [0.2, 0.25) is 5.91 Å². The zero-order valence-electron chi connectivity index (χ0n) is 11.8. The van der Waals surface area contributed by atoms with Crippen molar-refractivity contribution in [1.82, 2.24) is 9.97 Å². The number of benzene rings is 1. The topological polar surface area (TPSA) is 64.1 Å². The van der Waals surface area contributed by atoms with Crippen molar-refractivity contribution in [1.29, 1.82) is 0 Å². The van der Waals surface area contributed by atoms with Crippen molar-refractivity contribution < 1.29 is 13.9 Å². The predicted molar refractivity (Wildman–Crippen MR) is 76.5 cm³/mol. The molecule has 0 radical (unpaired) electrons. The van der Waals surface area contributed by atoms with Crippen molar-refractivity contribution in [3.63, 3.8) is 0 Å². The normalized spacial score (nSPS) is 10.5. The molecule has 0 aliphatic rings. The van der Waals surface area contributed by atoms with Crippen LogP contribution in [-0.4, -0.2) is 22.0 Å². The Morgan fingerprint density at radius 3 is 2.67 bits per heavy atom. The molecule has 1 aromatic heterocycles. The molecule has 1 amide bonds. The second kappa shape index (κ2) is 6.78. The summed E-state index contributed by atoms with van der Waals surface area (Å²) in [6.07, 6.45) is 4.52. The van der Waals surface area contributed by atoms with Gasteiger partial charge < -0.3 is 10.1 Å². The molecular weight excluding hydrogens is 273 g/mol. The summed E-state index contributed by atoms with van der Waals surface area (Å²) in [6, 6.07) is 4.35. The molecule has 0 saturated heterocycles. The second-order valence-electron chi connectivity index (χ2n) is 4.78. The molecule has 0 spiro atoms. The van der Waals surface area contributed by atoms with Crippen LogP contribution in [0.25, 0.3) is 0 Å². The number of amides is 1. The first-order valence-electron chi connectivity index (χ1n) is 6.54. The van der Waals surface area contributed by atoms with E-state index in [0.29, 0.717) is 11.3 Å². The van der Waals surface area contributed by atoms with E-state index in [1.165, 1.54) is 18.5 Å². The number of hydrogen-bond acceptors (Lipinski definition) is 4. The monoisotopic (exact) mass is 289 g/mol. The van der Waals surface area contributed by atoms with Gasteiger partial charge in [-0.25, -0.2) is 14.4 Å². The summed E-state index contributed by atoms with van der Waals surface area (Å²) in [5.41, 5.74) is 0.781. The Labute approximate surface area is 122 Å². The Morgan fingerprint density at radius 1 is 1.33 bits per heavy atom. The second-order valence-corrected chi connectivity index (χ2v) is 4.78. The molecule has 21 heavy (non-hydrogen) atoms. The predicted octanol–water partition coefficient (Wildman–Crippen LogP) is 2.58. The van der Waals surface area contributed by atoms with E-state index in [0.717, 1.165) is 0 Å². The maximum Gasteiger partial charge on any atom is 0.228 e. The smallest absolute Gasteiger partial charge is 0.228 e. The minimum absolute atomic E-state index is 0.0390. The van der Waals surface area contributed by atoms with Crippen LogP contribution in [0.3, 0.4) is 0 Å². The van der Waals surface area contributed by atoms with E-state index in [-0.39, 0.29) is 24.1 Å². The van der Waals surface area contributed by atoms with Gasteiger partial charge in [0.1, 0.15) is 17.9 Å². The molecule has 6 heteroatoms. The summed E-state index contributed by atoms with van der Waals surface area (Å²) in [4.78, 5) is 19.5. The average molecular weight is 289 g/mol. The lowest BCUT2D eigenvalue weighted by molar-refractivity contribution is -0.115. The van der Waals surface area contributed by atoms with Crippen molar-refractivity contribution in [2.45, 2.75) is 26.4 Å². The molecule has 1 aromatic carbocycles. The lowest BCUT2D eigenvalue weighted by atomic mass is 10.2. The molecule has 2 rings (SSSR count). The van der Waals surface area contributed by atoms with E-state index < -0.39 is 5.82 Å². The average Bonchev–Trinajstić information content (AvgIpc) is 2.42. The quantitative estimate of drug-likeness (QED) is 0.919. The summed E-state index contributed by atoms with van der Waals surface area (Å²) in [7, 11) is 0. The molecule has 0 aliphatic heterocycles. The van der Waals surface area contributed by atoms with Crippen molar-refractivity contribution >= 4 is 11.6 Å². The first-order valence-corrected chi connectivity index (χ1v) is 6.54. The molecule has 0 aliphatic carbocycles. The van der Waals surface area contributed by atoms with E-state index in [2.05, 4.69) is 15.3 Å². The molecule has 0 unspecified atom stereocenters. The van der Waals surface area contributed by atoms with Gasteiger partial charge in [-0.05, 0) is 31.5 Å². The van der Waals surface area contributed by atoms with E-state index in [4.69, 9.17) is 4.74 Å². The summed E-state index contributed by atoms with van der Waals surface area (Å²) in [5, 5.41) is 2.51. The third kappa shape index (κ3) is 4.52. The molecule has 110 valence electrons. The van der Waals surface area contributed by atoms with Gasteiger partial charge in [-0.1, -0.05) is 0 Å². The fourth-order valence-corrected chi connectivity index (χ4v) is 1.74. The summed E-state index contributed by atoms with van der Waals surface area (Å²) >= 11 is 0. The van der Waals surface area contributed by atoms with Crippen LogP contribution in [0.2, 0.25) is 0 Å². The van der Waals surface area contributed by atoms with Crippen LogP contribution >= 0.6 is 0 Å². The molecule has 0 fully saturated rings. The molecule has 1 heterocycles. The van der Waals surface area contributed by atoms with Crippen LogP contribution in [-0.2, 0) is 11.2 Å². The van der Waals surface area contributed by atoms with Gasteiger partial charge in [0.25, 0.3) is 0 Å². The van der Waals surface area contributed by atoms with E-state index in [9.17, 15) is 9.18 Å². The summed E-state index contributed by atoms with van der Waals surface area (Å²) in [5.74, 6) is -0.441. The number of hydrogen-bond donors (Lipinski definition) is 1. The highest BCUT2D eigenvalue weighted by Gasteiger charge is 2.10. The Balaban J connectivity index is 2.01. The minimum Gasteiger partial charge on any atom is -0.491 e. The van der Waals surface area contributed by atoms with Gasteiger partial charge in [0.05, 0.1) is 18.2 Å². The number of nitrogens with one attached hydrogen (secondary N) is 1. The molecule has 0 saturated carbocycles. The van der Waals surface area contributed by atoms with Crippen LogP contribution in [0.5, 0.6) is 5.75 Å². The highest BCUT2D eigenvalue weighted by molar-refractivity contribution is 5.92. The van der Waals surface area contributed by atoms with Gasteiger partial charge >= 0.3 is 0 Å². The van der Waals surface area contributed by atoms with E-state index >= 15 is 0 Å². The Morgan fingerprint density at radius 2 is 2.05 bits per heavy atom. The number of ether oxygens (including phenoxy) is 1. The summed E-state index contributed by atoms with van der Waals surface area (Å²) in [6.45, 7) is 3.71. The van der Waals surface area contributed by atoms with Gasteiger partial charge in [0, 0.05) is 18.5 Å². The van der Waals surface area contributed by atoms with E-state index in [1.807, 2.05) is 13.8 Å². The lowest BCUT2D eigenvalue weighted by Crippen LogP contribution is -2.15. The first-order chi connectivity index (χ1) is 10.0. The van der Waals surface area contributed by atoms with Crippen LogP contribution < -0.4 is 10.1 Å². The molecule has 5 nitrogen and oxygen atoms in total. The third-order valence-corrected chi connectivity index (χ3v) is 2.57. The van der Waals surface area contributed by atoms with Gasteiger partial charge in [-0.2, -0.15) is 0 Å². The maximum atomic E-state index is 13.9. The maximum absolute atomic E-state index is 13.9. The molecule has 2 aromatic rings. The van der Waals surface area contributed by atoms with Gasteiger partial charge in [-0.3, -0.25) is 4.79 Å². The van der Waals surface area contributed by atoms with Gasteiger partial charge in [0.15, 0.2) is 0 Å². The number of carbonyl (C=O) groups is 1. The largest absolute Gasteiger partial charge is 0.491 e. The number of carbonyl (C=O) groups excluding carboxylic acids is 1. The van der Waals surface area contributed by atoms with Crippen LogP contribution in [0, 0.1) is 5.82 Å². The van der Waals surface area contributed by atoms with Gasteiger partial charge in [-0.15, -0.1) is 0 Å². The number of nitrogens with zero attached hydrogens (tertiary/aromatic N) is 2. The highest BCUT2D eigenvalue weighted by atomic mass is 19.1. The highest BCUT2D eigenvalue weighted by Crippen LogP contribution is 2.21. The van der Waals surface area contributed by atoms with Crippen molar-refractivity contribution in [2.24, 2.45) is 0 Å². The number of rotatable bonds is 5. The number of halogens is 1.